The molecule has 1 fully saturated rings. The van der Waals surface area contributed by atoms with Crippen LogP contribution in [0.1, 0.15) is 40.5 Å². The lowest BCUT2D eigenvalue weighted by Crippen LogP contribution is -2.35. The van der Waals surface area contributed by atoms with Gasteiger partial charge in [-0.15, -0.1) is 0 Å². The first-order valence-corrected chi connectivity index (χ1v) is 5.36. The average molecular weight is 184 g/mol. The summed E-state index contributed by atoms with van der Waals surface area (Å²) in [6.07, 6.45) is 2.45. The predicted octanol–water partition coefficient (Wildman–Crippen LogP) is 1.95. The number of rotatable bonds is 1. The van der Waals surface area contributed by atoms with E-state index in [9.17, 15) is 5.11 Å². The second-order valence-electron chi connectivity index (χ2n) is 4.63. The van der Waals surface area contributed by atoms with Crippen LogP contribution in [-0.2, 0) is 4.74 Å². The number of ether oxygens (including phenoxy) is 1. The quantitative estimate of drug-likeness (QED) is 0.631. The van der Waals surface area contributed by atoms with Crippen molar-refractivity contribution >= 4 is 7.28 Å². The van der Waals surface area contributed by atoms with E-state index >= 15 is 0 Å². The fourth-order valence-electron chi connectivity index (χ4n) is 2.19. The molecule has 1 saturated heterocycles. The second-order valence-corrected chi connectivity index (χ2v) is 4.63. The Morgan fingerprint density at radius 2 is 2.15 bits per heavy atom. The Balaban J connectivity index is 2.68. The molecular formula is C10H21BO2. The van der Waals surface area contributed by atoms with Crippen molar-refractivity contribution in [1.29, 1.82) is 0 Å². The van der Waals surface area contributed by atoms with Crippen LogP contribution in [0.5, 0.6) is 0 Å². The van der Waals surface area contributed by atoms with Gasteiger partial charge in [-0.25, -0.2) is 0 Å². The maximum absolute atomic E-state index is 9.98. The minimum absolute atomic E-state index is 0.185. The van der Waals surface area contributed by atoms with Crippen LogP contribution in [0.15, 0.2) is 0 Å². The van der Waals surface area contributed by atoms with Crippen LogP contribution in [0.2, 0.25) is 11.6 Å². The molecule has 76 valence electrons. The van der Waals surface area contributed by atoms with Crippen molar-refractivity contribution in [3.05, 3.63) is 0 Å². The molecule has 1 rings (SSSR count). The monoisotopic (exact) mass is 184 g/mol. The Morgan fingerprint density at radius 1 is 1.54 bits per heavy atom. The molecule has 0 amide bonds. The van der Waals surface area contributed by atoms with Crippen LogP contribution < -0.4 is 0 Å². The van der Waals surface area contributed by atoms with Gasteiger partial charge in [0, 0.05) is 0 Å². The zero-order valence-corrected chi connectivity index (χ0v) is 9.21. The summed E-state index contributed by atoms with van der Waals surface area (Å²) in [6, 6.07) is 0. The van der Waals surface area contributed by atoms with Crippen molar-refractivity contribution < 1.29 is 9.84 Å². The number of aliphatic hydroxyl groups is 1. The van der Waals surface area contributed by atoms with Gasteiger partial charge in [-0.1, -0.05) is 26.1 Å². The Labute approximate surface area is 81.9 Å². The topological polar surface area (TPSA) is 29.5 Å². The molecule has 0 aromatic heterocycles. The first-order valence-electron chi connectivity index (χ1n) is 5.36. The van der Waals surface area contributed by atoms with Crippen LogP contribution in [0, 0.1) is 0 Å². The Kier molecular flexibility index (Phi) is 3.41. The van der Waals surface area contributed by atoms with Crippen LogP contribution in [0.25, 0.3) is 0 Å². The van der Waals surface area contributed by atoms with E-state index in [1.165, 1.54) is 6.42 Å². The van der Waals surface area contributed by atoms with Crippen molar-refractivity contribution in [2.24, 2.45) is 0 Å². The van der Waals surface area contributed by atoms with E-state index < -0.39 is 5.79 Å². The van der Waals surface area contributed by atoms with Crippen LogP contribution in [-0.4, -0.2) is 24.3 Å². The van der Waals surface area contributed by atoms with E-state index in [2.05, 4.69) is 20.8 Å². The summed E-state index contributed by atoms with van der Waals surface area (Å²) in [4.78, 5) is 0. The Bertz CT molecular complexity index is 170. The van der Waals surface area contributed by atoms with Gasteiger partial charge in [0.05, 0.1) is 6.10 Å². The highest BCUT2D eigenvalue weighted by Crippen LogP contribution is 2.35. The van der Waals surface area contributed by atoms with E-state index in [0.717, 1.165) is 13.7 Å². The lowest BCUT2D eigenvalue weighted by atomic mass is 9.52. The van der Waals surface area contributed by atoms with Gasteiger partial charge in [0.15, 0.2) is 5.79 Å². The van der Waals surface area contributed by atoms with Crippen molar-refractivity contribution in [3.8, 4) is 0 Å². The standard InChI is InChI=1S/C10H21BO2/c1-5-9-6-7(2)13-10(4,12)8(3)11-9/h7-9,11-12H,5-6H2,1-4H3. The molecule has 4 atom stereocenters. The summed E-state index contributed by atoms with van der Waals surface area (Å²) in [7, 11) is 1.08. The summed E-state index contributed by atoms with van der Waals surface area (Å²) in [5.74, 6) is 0.0185. The third-order valence-corrected chi connectivity index (χ3v) is 3.28. The smallest absolute Gasteiger partial charge is 0.158 e. The molecule has 0 bridgehead atoms. The van der Waals surface area contributed by atoms with Crippen molar-refractivity contribution in [2.75, 3.05) is 0 Å². The molecule has 0 radical (unpaired) electrons. The molecule has 1 aliphatic rings. The highest BCUT2D eigenvalue weighted by Gasteiger charge is 2.36. The molecule has 3 heteroatoms. The van der Waals surface area contributed by atoms with Gasteiger partial charge in [0.1, 0.15) is 7.28 Å². The SMILES string of the molecule is CCC1BC(C)C(C)(O)OC(C)C1. The summed E-state index contributed by atoms with van der Waals surface area (Å²) in [6.45, 7) is 8.12. The van der Waals surface area contributed by atoms with Crippen molar-refractivity contribution in [1.82, 2.24) is 0 Å². The highest BCUT2D eigenvalue weighted by molar-refractivity contribution is 6.40. The fraction of sp³-hybridized carbons (Fsp3) is 1.00. The van der Waals surface area contributed by atoms with E-state index in [0.29, 0.717) is 5.82 Å². The van der Waals surface area contributed by atoms with E-state index in [1.54, 1.807) is 6.92 Å². The normalized spacial score (nSPS) is 46.7. The van der Waals surface area contributed by atoms with Gasteiger partial charge in [-0.2, -0.15) is 0 Å². The minimum Gasteiger partial charge on any atom is -0.366 e. The van der Waals surface area contributed by atoms with Gasteiger partial charge in [0.25, 0.3) is 0 Å². The Hall–Kier alpha value is -0.0151. The third kappa shape index (κ3) is 2.71. The largest absolute Gasteiger partial charge is 0.366 e. The van der Waals surface area contributed by atoms with E-state index in [4.69, 9.17) is 4.74 Å². The first kappa shape index (κ1) is 11.1. The average Bonchev–Trinajstić information content (AvgIpc) is 2.09. The predicted molar refractivity (Wildman–Crippen MR) is 56.4 cm³/mol. The molecule has 0 spiro atoms. The molecular weight excluding hydrogens is 163 g/mol. The summed E-state index contributed by atoms with van der Waals surface area (Å²) in [5, 5.41) is 9.98. The maximum atomic E-state index is 9.98. The molecule has 0 aromatic carbocycles. The molecule has 1 N–H and O–H groups in total. The fourth-order valence-corrected chi connectivity index (χ4v) is 2.19. The zero-order valence-electron chi connectivity index (χ0n) is 9.21. The molecule has 0 aliphatic carbocycles. The Morgan fingerprint density at radius 3 is 2.69 bits per heavy atom. The highest BCUT2D eigenvalue weighted by atomic mass is 16.6. The lowest BCUT2D eigenvalue weighted by molar-refractivity contribution is -0.212. The molecule has 13 heavy (non-hydrogen) atoms. The molecule has 1 aliphatic heterocycles. The van der Waals surface area contributed by atoms with Gasteiger partial charge >= 0.3 is 0 Å². The zero-order chi connectivity index (χ0) is 10.1. The van der Waals surface area contributed by atoms with Gasteiger partial charge in [-0.05, 0) is 26.1 Å². The maximum Gasteiger partial charge on any atom is 0.158 e. The molecule has 0 aromatic rings. The molecule has 2 nitrogen and oxygen atoms in total. The van der Waals surface area contributed by atoms with Gasteiger partial charge in [0.2, 0.25) is 0 Å². The first-order chi connectivity index (χ1) is 5.95. The van der Waals surface area contributed by atoms with Crippen LogP contribution in [0.3, 0.4) is 0 Å². The summed E-state index contributed by atoms with van der Waals surface area (Å²) >= 11 is 0. The lowest BCUT2D eigenvalue weighted by Gasteiger charge is -2.29. The molecule has 0 saturated carbocycles. The van der Waals surface area contributed by atoms with Gasteiger partial charge in [-0.3, -0.25) is 0 Å². The number of hydrogen-bond donors (Lipinski definition) is 1. The summed E-state index contributed by atoms with van der Waals surface area (Å²) < 4.78 is 5.60. The molecule has 4 unspecified atom stereocenters. The summed E-state index contributed by atoms with van der Waals surface area (Å²) in [5.41, 5.74) is 0. The van der Waals surface area contributed by atoms with Crippen LogP contribution >= 0.6 is 0 Å². The van der Waals surface area contributed by atoms with Crippen LogP contribution in [0.4, 0.5) is 0 Å². The van der Waals surface area contributed by atoms with E-state index in [-0.39, 0.29) is 11.9 Å². The van der Waals surface area contributed by atoms with Crippen molar-refractivity contribution in [2.45, 2.75) is 64.1 Å². The molecule has 1 heterocycles. The second kappa shape index (κ2) is 4.01. The van der Waals surface area contributed by atoms with Crippen molar-refractivity contribution in [3.63, 3.8) is 0 Å². The minimum atomic E-state index is -0.927. The number of hydrogen-bond acceptors (Lipinski definition) is 2. The van der Waals surface area contributed by atoms with E-state index in [1.807, 2.05) is 0 Å². The van der Waals surface area contributed by atoms with Gasteiger partial charge < -0.3 is 9.84 Å². The third-order valence-electron chi connectivity index (χ3n) is 3.28.